The SMILES string of the molecule is O=C(O)C(O)c1c(Br)ccc(Cl)c1F. The Morgan fingerprint density at radius 1 is 1.57 bits per heavy atom. The summed E-state index contributed by atoms with van der Waals surface area (Å²) in [4.78, 5) is 10.4. The molecule has 6 heteroatoms. The fraction of sp³-hybridized carbons (Fsp3) is 0.125. The molecular weight excluding hydrogens is 278 g/mol. The summed E-state index contributed by atoms with van der Waals surface area (Å²) >= 11 is 8.36. The molecule has 0 saturated carbocycles. The number of aliphatic hydroxyl groups excluding tert-OH is 1. The minimum Gasteiger partial charge on any atom is -0.479 e. The number of aliphatic carboxylic acids is 1. The lowest BCUT2D eigenvalue weighted by atomic mass is 10.1. The van der Waals surface area contributed by atoms with Crippen LogP contribution in [0.4, 0.5) is 4.39 Å². The predicted molar refractivity (Wildman–Crippen MR) is 51.7 cm³/mol. The molecule has 0 spiro atoms. The Labute approximate surface area is 92.2 Å². The van der Waals surface area contributed by atoms with Gasteiger partial charge in [0.1, 0.15) is 5.82 Å². The van der Waals surface area contributed by atoms with Crippen LogP contribution in [0.15, 0.2) is 16.6 Å². The maximum absolute atomic E-state index is 13.3. The Bertz CT molecular complexity index is 383. The highest BCUT2D eigenvalue weighted by atomic mass is 79.9. The molecule has 0 aromatic heterocycles. The number of benzene rings is 1. The first kappa shape index (κ1) is 11.4. The Morgan fingerprint density at radius 2 is 2.14 bits per heavy atom. The number of carboxylic acids is 1. The van der Waals surface area contributed by atoms with Crippen molar-refractivity contribution in [2.75, 3.05) is 0 Å². The molecule has 0 saturated heterocycles. The smallest absolute Gasteiger partial charge is 0.337 e. The first-order valence-electron chi connectivity index (χ1n) is 3.49. The number of halogens is 3. The van der Waals surface area contributed by atoms with Crippen LogP contribution in [0.5, 0.6) is 0 Å². The van der Waals surface area contributed by atoms with E-state index in [9.17, 15) is 9.18 Å². The third kappa shape index (κ3) is 2.05. The summed E-state index contributed by atoms with van der Waals surface area (Å²) in [7, 11) is 0. The Hall–Kier alpha value is -0.650. The van der Waals surface area contributed by atoms with Gasteiger partial charge in [-0.1, -0.05) is 27.5 Å². The van der Waals surface area contributed by atoms with Crippen molar-refractivity contribution < 1.29 is 19.4 Å². The van der Waals surface area contributed by atoms with E-state index >= 15 is 0 Å². The van der Waals surface area contributed by atoms with Crippen molar-refractivity contribution in [2.45, 2.75) is 6.10 Å². The van der Waals surface area contributed by atoms with E-state index in [0.717, 1.165) is 0 Å². The van der Waals surface area contributed by atoms with E-state index in [-0.39, 0.29) is 15.1 Å². The molecule has 0 aliphatic heterocycles. The van der Waals surface area contributed by atoms with Crippen molar-refractivity contribution in [3.05, 3.63) is 33.0 Å². The zero-order chi connectivity index (χ0) is 10.9. The van der Waals surface area contributed by atoms with Crippen LogP contribution in [0.25, 0.3) is 0 Å². The minimum atomic E-state index is -1.93. The van der Waals surface area contributed by atoms with Crippen LogP contribution in [0.3, 0.4) is 0 Å². The molecule has 0 aliphatic carbocycles. The Kier molecular flexibility index (Phi) is 3.47. The summed E-state index contributed by atoms with van der Waals surface area (Å²) in [6.07, 6.45) is -1.93. The van der Waals surface area contributed by atoms with E-state index in [1.165, 1.54) is 12.1 Å². The molecule has 1 aromatic rings. The average Bonchev–Trinajstić information content (AvgIpc) is 2.12. The lowest BCUT2D eigenvalue weighted by Gasteiger charge is -2.10. The standard InChI is InChI=1S/C8H5BrClFO3/c9-3-1-2-4(10)6(11)5(3)7(12)8(13)14/h1-2,7,12H,(H,13,14). The van der Waals surface area contributed by atoms with Gasteiger partial charge in [0.15, 0.2) is 6.10 Å². The molecule has 0 aliphatic rings. The van der Waals surface area contributed by atoms with Gasteiger partial charge in [-0.3, -0.25) is 0 Å². The summed E-state index contributed by atoms with van der Waals surface area (Å²) in [5.41, 5.74) is -0.370. The van der Waals surface area contributed by atoms with Crippen LogP contribution in [0.1, 0.15) is 11.7 Å². The highest BCUT2D eigenvalue weighted by molar-refractivity contribution is 9.10. The van der Waals surface area contributed by atoms with Crippen molar-refractivity contribution in [2.24, 2.45) is 0 Å². The summed E-state index contributed by atoms with van der Waals surface area (Å²) < 4.78 is 13.4. The molecule has 0 amide bonds. The van der Waals surface area contributed by atoms with E-state index in [1.807, 2.05) is 0 Å². The average molecular weight is 283 g/mol. The van der Waals surface area contributed by atoms with E-state index in [0.29, 0.717) is 0 Å². The van der Waals surface area contributed by atoms with Crippen molar-refractivity contribution in [1.82, 2.24) is 0 Å². The number of hydrogen-bond acceptors (Lipinski definition) is 2. The van der Waals surface area contributed by atoms with E-state index in [1.54, 1.807) is 0 Å². The largest absolute Gasteiger partial charge is 0.479 e. The van der Waals surface area contributed by atoms with Crippen LogP contribution >= 0.6 is 27.5 Å². The summed E-state index contributed by atoms with van der Waals surface area (Å²) in [5, 5.41) is 17.4. The zero-order valence-electron chi connectivity index (χ0n) is 6.67. The highest BCUT2D eigenvalue weighted by Gasteiger charge is 2.24. The van der Waals surface area contributed by atoms with Gasteiger partial charge in [0.05, 0.1) is 5.02 Å². The van der Waals surface area contributed by atoms with E-state index in [2.05, 4.69) is 15.9 Å². The van der Waals surface area contributed by atoms with Crippen LogP contribution in [-0.2, 0) is 4.79 Å². The summed E-state index contributed by atoms with van der Waals surface area (Å²) in [6, 6.07) is 2.63. The Balaban J connectivity index is 3.32. The van der Waals surface area contributed by atoms with Crippen molar-refractivity contribution in [3.8, 4) is 0 Å². The lowest BCUT2D eigenvalue weighted by molar-refractivity contribution is -0.147. The van der Waals surface area contributed by atoms with Crippen LogP contribution < -0.4 is 0 Å². The molecule has 1 aromatic carbocycles. The quantitative estimate of drug-likeness (QED) is 0.819. The third-order valence-corrected chi connectivity index (χ3v) is 2.57. The number of carboxylic acid groups (broad SMARTS) is 1. The fourth-order valence-electron chi connectivity index (χ4n) is 0.917. The van der Waals surface area contributed by atoms with Gasteiger partial charge in [-0.2, -0.15) is 0 Å². The van der Waals surface area contributed by atoms with Crippen LogP contribution in [0.2, 0.25) is 5.02 Å². The number of aliphatic hydroxyl groups is 1. The molecule has 0 fully saturated rings. The molecule has 2 N–H and O–H groups in total. The van der Waals surface area contributed by atoms with E-state index < -0.39 is 17.9 Å². The van der Waals surface area contributed by atoms with E-state index in [4.69, 9.17) is 21.8 Å². The van der Waals surface area contributed by atoms with Crippen molar-refractivity contribution >= 4 is 33.5 Å². The van der Waals surface area contributed by atoms with Crippen molar-refractivity contribution in [1.29, 1.82) is 0 Å². The normalized spacial score (nSPS) is 12.6. The van der Waals surface area contributed by atoms with Gasteiger partial charge in [-0.15, -0.1) is 0 Å². The predicted octanol–water partition coefficient (Wildman–Crippen LogP) is 2.36. The Morgan fingerprint density at radius 3 is 2.64 bits per heavy atom. The van der Waals surface area contributed by atoms with Gasteiger partial charge < -0.3 is 10.2 Å². The molecule has 76 valence electrons. The fourth-order valence-corrected chi connectivity index (χ4v) is 1.60. The number of carbonyl (C=O) groups is 1. The minimum absolute atomic E-state index is 0.161. The molecule has 0 bridgehead atoms. The van der Waals surface area contributed by atoms with Gasteiger partial charge in [0.2, 0.25) is 0 Å². The molecule has 14 heavy (non-hydrogen) atoms. The van der Waals surface area contributed by atoms with Gasteiger partial charge in [0, 0.05) is 10.0 Å². The molecule has 0 radical (unpaired) electrons. The van der Waals surface area contributed by atoms with Gasteiger partial charge >= 0.3 is 5.97 Å². The second kappa shape index (κ2) is 4.25. The second-order valence-corrected chi connectivity index (χ2v) is 3.76. The maximum Gasteiger partial charge on any atom is 0.337 e. The second-order valence-electron chi connectivity index (χ2n) is 2.50. The molecule has 1 unspecified atom stereocenters. The number of hydrogen-bond donors (Lipinski definition) is 2. The van der Waals surface area contributed by atoms with Crippen molar-refractivity contribution in [3.63, 3.8) is 0 Å². The summed E-state index contributed by atoms with van der Waals surface area (Å²) in [6.45, 7) is 0. The van der Waals surface area contributed by atoms with Crippen LogP contribution in [0, 0.1) is 5.82 Å². The molecular formula is C8H5BrClFO3. The monoisotopic (exact) mass is 282 g/mol. The van der Waals surface area contributed by atoms with Gasteiger partial charge in [0.25, 0.3) is 0 Å². The topological polar surface area (TPSA) is 57.5 Å². The molecule has 0 heterocycles. The molecule has 1 rings (SSSR count). The molecule has 3 nitrogen and oxygen atoms in total. The first-order valence-corrected chi connectivity index (χ1v) is 4.66. The van der Waals surface area contributed by atoms with Gasteiger partial charge in [-0.05, 0) is 12.1 Å². The third-order valence-electron chi connectivity index (χ3n) is 1.59. The number of rotatable bonds is 2. The van der Waals surface area contributed by atoms with Crippen LogP contribution in [-0.4, -0.2) is 16.2 Å². The highest BCUT2D eigenvalue weighted by Crippen LogP contribution is 2.30. The zero-order valence-corrected chi connectivity index (χ0v) is 9.01. The first-order chi connectivity index (χ1) is 6.45. The lowest BCUT2D eigenvalue weighted by Crippen LogP contribution is -2.13. The van der Waals surface area contributed by atoms with Gasteiger partial charge in [-0.25, -0.2) is 9.18 Å². The molecule has 1 atom stereocenters. The summed E-state index contributed by atoms with van der Waals surface area (Å²) in [5.74, 6) is -2.47. The maximum atomic E-state index is 13.3.